The third-order valence-corrected chi connectivity index (χ3v) is 6.92. The molecule has 1 aromatic rings. The van der Waals surface area contributed by atoms with Crippen molar-refractivity contribution in [1.29, 1.82) is 0 Å². The topological polar surface area (TPSA) is 83.6 Å². The van der Waals surface area contributed by atoms with Crippen LogP contribution in [0.2, 0.25) is 5.02 Å². The molecule has 0 bridgehead atoms. The molecular weight excluding hydrogens is 360 g/mol. The lowest BCUT2D eigenvalue weighted by Gasteiger charge is -2.26. The van der Waals surface area contributed by atoms with E-state index in [0.29, 0.717) is 5.02 Å². The van der Waals surface area contributed by atoms with Crippen LogP contribution in [0.25, 0.3) is 0 Å². The van der Waals surface area contributed by atoms with Gasteiger partial charge in [-0.3, -0.25) is 0 Å². The first-order valence-electron chi connectivity index (χ1n) is 7.42. The lowest BCUT2D eigenvalue weighted by atomic mass is 10.2. The summed E-state index contributed by atoms with van der Waals surface area (Å²) in [6.07, 6.45) is 4.83. The van der Waals surface area contributed by atoms with Gasteiger partial charge in [0.2, 0.25) is 20.0 Å². The Kier molecular flexibility index (Phi) is 6.07. The predicted octanol–water partition coefficient (Wildman–Crippen LogP) is 1.82. The molecule has 1 fully saturated rings. The van der Waals surface area contributed by atoms with Gasteiger partial charge in [0.25, 0.3) is 0 Å². The third kappa shape index (κ3) is 5.15. The van der Waals surface area contributed by atoms with E-state index in [1.165, 1.54) is 16.4 Å². The van der Waals surface area contributed by atoms with Crippen LogP contribution in [0.1, 0.15) is 25.7 Å². The predicted molar refractivity (Wildman–Crippen MR) is 90.4 cm³/mol. The van der Waals surface area contributed by atoms with Gasteiger partial charge in [0.1, 0.15) is 0 Å². The van der Waals surface area contributed by atoms with E-state index in [0.717, 1.165) is 31.9 Å². The highest BCUT2D eigenvalue weighted by molar-refractivity contribution is 7.89. The minimum Gasteiger partial charge on any atom is -0.212 e. The Morgan fingerprint density at radius 3 is 2.43 bits per heavy atom. The molecule has 23 heavy (non-hydrogen) atoms. The van der Waals surface area contributed by atoms with Gasteiger partial charge >= 0.3 is 0 Å². The van der Waals surface area contributed by atoms with Crippen LogP contribution in [0.15, 0.2) is 29.2 Å². The van der Waals surface area contributed by atoms with Gasteiger partial charge in [-0.25, -0.2) is 21.6 Å². The molecule has 0 heterocycles. The normalized spacial score (nSPS) is 17.0. The van der Waals surface area contributed by atoms with Crippen molar-refractivity contribution in [3.8, 4) is 0 Å². The van der Waals surface area contributed by atoms with Crippen LogP contribution in [0.5, 0.6) is 0 Å². The molecular formula is C14H21ClN2O4S2. The Labute approximate surface area is 142 Å². The van der Waals surface area contributed by atoms with Crippen LogP contribution >= 0.6 is 11.6 Å². The number of benzene rings is 1. The first-order chi connectivity index (χ1) is 10.7. The van der Waals surface area contributed by atoms with Crippen LogP contribution in [-0.2, 0) is 20.0 Å². The van der Waals surface area contributed by atoms with Crippen molar-refractivity contribution >= 4 is 31.6 Å². The van der Waals surface area contributed by atoms with Gasteiger partial charge in [-0.05, 0) is 31.0 Å². The molecule has 9 heteroatoms. The lowest BCUT2D eigenvalue weighted by molar-refractivity contribution is 0.328. The molecule has 0 aromatic heterocycles. The summed E-state index contributed by atoms with van der Waals surface area (Å²) in [4.78, 5) is 0.0665. The highest BCUT2D eigenvalue weighted by Crippen LogP contribution is 2.25. The third-order valence-electron chi connectivity index (χ3n) is 3.89. The van der Waals surface area contributed by atoms with E-state index in [4.69, 9.17) is 11.6 Å². The number of hydrogen-bond donors (Lipinski definition) is 1. The second kappa shape index (κ2) is 7.48. The summed E-state index contributed by atoms with van der Waals surface area (Å²) in [7, 11) is -7.06. The second-order valence-electron chi connectivity index (χ2n) is 5.67. The molecule has 1 saturated carbocycles. The van der Waals surface area contributed by atoms with Crippen LogP contribution < -0.4 is 4.72 Å². The molecule has 0 atom stereocenters. The maximum Gasteiger partial charge on any atom is 0.240 e. The second-order valence-corrected chi connectivity index (χ2v) is 9.81. The number of sulfonamides is 2. The Morgan fingerprint density at radius 2 is 1.87 bits per heavy atom. The Balaban J connectivity index is 2.01. The zero-order valence-corrected chi connectivity index (χ0v) is 15.3. The van der Waals surface area contributed by atoms with Crippen molar-refractivity contribution < 1.29 is 16.8 Å². The van der Waals surface area contributed by atoms with Crippen LogP contribution in [0, 0.1) is 0 Å². The first kappa shape index (κ1) is 18.7. The molecule has 1 aromatic carbocycles. The molecule has 1 N–H and O–H groups in total. The maximum absolute atomic E-state index is 12.2. The molecule has 0 saturated heterocycles. The number of halogens is 1. The van der Waals surface area contributed by atoms with Crippen molar-refractivity contribution in [2.75, 3.05) is 19.3 Å². The van der Waals surface area contributed by atoms with Gasteiger partial charge in [-0.1, -0.05) is 30.5 Å². The summed E-state index contributed by atoms with van der Waals surface area (Å²) in [5.41, 5.74) is 0. The summed E-state index contributed by atoms with van der Waals surface area (Å²) in [6.45, 7) is 0.154. The standard InChI is InChI=1S/C14H21ClN2O4S2/c1-22(18,19)17(13-6-2-3-7-13)10-9-16-23(20,21)14-8-4-5-12(15)11-14/h4-5,8,11,13,16H,2-3,6-7,9-10H2,1H3. The van der Waals surface area contributed by atoms with Crippen molar-refractivity contribution in [2.45, 2.75) is 36.6 Å². The molecule has 2 rings (SSSR count). The van der Waals surface area contributed by atoms with Gasteiger partial charge in [0.15, 0.2) is 0 Å². The zero-order chi connectivity index (χ0) is 17.1. The molecule has 0 unspecified atom stereocenters. The van der Waals surface area contributed by atoms with Gasteiger partial charge in [-0.2, -0.15) is 4.31 Å². The van der Waals surface area contributed by atoms with E-state index < -0.39 is 20.0 Å². The highest BCUT2D eigenvalue weighted by atomic mass is 35.5. The van der Waals surface area contributed by atoms with E-state index in [2.05, 4.69) is 4.72 Å². The van der Waals surface area contributed by atoms with E-state index in [1.54, 1.807) is 12.1 Å². The molecule has 0 aliphatic heterocycles. The van der Waals surface area contributed by atoms with Gasteiger partial charge in [0, 0.05) is 24.2 Å². The Morgan fingerprint density at radius 1 is 1.22 bits per heavy atom. The van der Waals surface area contributed by atoms with Crippen molar-refractivity contribution in [3.63, 3.8) is 0 Å². The van der Waals surface area contributed by atoms with E-state index in [9.17, 15) is 16.8 Å². The average molecular weight is 381 g/mol. The fourth-order valence-electron chi connectivity index (χ4n) is 2.82. The van der Waals surface area contributed by atoms with E-state index >= 15 is 0 Å². The average Bonchev–Trinajstić information content (AvgIpc) is 2.96. The van der Waals surface area contributed by atoms with E-state index in [-0.39, 0.29) is 24.0 Å². The van der Waals surface area contributed by atoms with E-state index in [1.807, 2.05) is 0 Å². The van der Waals surface area contributed by atoms with Crippen molar-refractivity contribution in [3.05, 3.63) is 29.3 Å². The molecule has 0 spiro atoms. The quantitative estimate of drug-likeness (QED) is 0.782. The minimum atomic E-state index is -3.70. The van der Waals surface area contributed by atoms with Crippen molar-refractivity contribution in [2.24, 2.45) is 0 Å². The summed E-state index contributed by atoms with van der Waals surface area (Å²) in [5.74, 6) is 0. The molecule has 0 radical (unpaired) electrons. The lowest BCUT2D eigenvalue weighted by Crippen LogP contribution is -2.43. The summed E-state index contributed by atoms with van der Waals surface area (Å²) >= 11 is 5.80. The monoisotopic (exact) mass is 380 g/mol. The first-order valence-corrected chi connectivity index (χ1v) is 11.1. The summed E-state index contributed by atoms with van der Waals surface area (Å²) < 4.78 is 52.1. The summed E-state index contributed by atoms with van der Waals surface area (Å²) in [5, 5.41) is 0.330. The molecule has 130 valence electrons. The molecule has 1 aliphatic carbocycles. The van der Waals surface area contributed by atoms with Crippen LogP contribution in [-0.4, -0.2) is 46.5 Å². The van der Waals surface area contributed by atoms with Crippen LogP contribution in [0.3, 0.4) is 0 Å². The smallest absolute Gasteiger partial charge is 0.212 e. The molecule has 1 aliphatic rings. The molecule has 0 amide bonds. The number of rotatable bonds is 7. The Bertz CT molecular complexity index is 744. The van der Waals surface area contributed by atoms with Gasteiger partial charge in [-0.15, -0.1) is 0 Å². The van der Waals surface area contributed by atoms with Gasteiger partial charge in [0.05, 0.1) is 11.2 Å². The minimum absolute atomic E-state index is 0.0262. The number of nitrogens with one attached hydrogen (secondary N) is 1. The van der Waals surface area contributed by atoms with Gasteiger partial charge < -0.3 is 0 Å². The fourth-order valence-corrected chi connectivity index (χ4v) is 5.32. The fraction of sp³-hybridized carbons (Fsp3) is 0.571. The maximum atomic E-state index is 12.2. The number of hydrogen-bond acceptors (Lipinski definition) is 4. The Hall–Kier alpha value is -0.670. The summed E-state index contributed by atoms with van der Waals surface area (Å²) in [6, 6.07) is 5.92. The highest BCUT2D eigenvalue weighted by Gasteiger charge is 2.29. The van der Waals surface area contributed by atoms with Crippen molar-refractivity contribution in [1.82, 2.24) is 9.03 Å². The SMILES string of the molecule is CS(=O)(=O)N(CCNS(=O)(=O)c1cccc(Cl)c1)C1CCCC1. The largest absolute Gasteiger partial charge is 0.240 e. The zero-order valence-electron chi connectivity index (χ0n) is 12.9. The molecule has 6 nitrogen and oxygen atoms in total. The van der Waals surface area contributed by atoms with Crippen LogP contribution in [0.4, 0.5) is 0 Å². The number of nitrogens with zero attached hydrogens (tertiary/aromatic N) is 1.